The molecule has 0 aliphatic heterocycles. The highest BCUT2D eigenvalue weighted by Crippen LogP contribution is 2.15. The summed E-state index contributed by atoms with van der Waals surface area (Å²) >= 11 is 0. The van der Waals surface area contributed by atoms with Crippen molar-refractivity contribution in [2.24, 2.45) is 10.9 Å². The van der Waals surface area contributed by atoms with Gasteiger partial charge in [0.15, 0.2) is 5.96 Å². The number of carbonyl (C=O) groups excluding carboxylic acids is 1. The molecule has 2 N–H and O–H groups in total. The molecule has 0 bridgehead atoms. The Kier molecular flexibility index (Phi) is 9.94. The molecule has 0 aliphatic rings. The number of halogens is 1. The quantitative estimate of drug-likeness (QED) is 0.409. The standard InChI is InChI=1S/C16H28N4O2.HI/c1-11(2)9-17-16(18-10-15(21)20(5)6)19-13(4)14-8-7-12(3)22-14;/h7-8,11,13H,9-10H2,1-6H3,(H2,17,18,19);1H. The summed E-state index contributed by atoms with van der Waals surface area (Å²) in [6.07, 6.45) is 0. The summed E-state index contributed by atoms with van der Waals surface area (Å²) in [5, 5.41) is 6.52. The molecule has 0 saturated carbocycles. The fraction of sp³-hybridized carbons (Fsp3) is 0.625. The van der Waals surface area contributed by atoms with E-state index >= 15 is 0 Å². The zero-order valence-electron chi connectivity index (χ0n) is 14.8. The topological polar surface area (TPSA) is 69.9 Å². The number of likely N-dealkylation sites (N-methyl/N-ethyl adjacent to an activating group) is 1. The molecule has 1 unspecified atom stereocenters. The minimum Gasteiger partial charge on any atom is -0.464 e. The van der Waals surface area contributed by atoms with Crippen LogP contribution in [0.25, 0.3) is 0 Å². The van der Waals surface area contributed by atoms with E-state index in [1.54, 1.807) is 14.1 Å². The van der Waals surface area contributed by atoms with E-state index in [0.717, 1.165) is 18.1 Å². The third-order valence-corrected chi connectivity index (χ3v) is 3.09. The van der Waals surface area contributed by atoms with Crippen LogP contribution in [-0.2, 0) is 4.79 Å². The number of nitrogens with one attached hydrogen (secondary N) is 2. The van der Waals surface area contributed by atoms with Crippen LogP contribution in [-0.4, -0.2) is 44.0 Å². The molecule has 1 rings (SSSR count). The Morgan fingerprint density at radius 1 is 1.30 bits per heavy atom. The van der Waals surface area contributed by atoms with Crippen molar-refractivity contribution < 1.29 is 9.21 Å². The lowest BCUT2D eigenvalue weighted by atomic mass is 10.2. The van der Waals surface area contributed by atoms with Crippen LogP contribution >= 0.6 is 24.0 Å². The minimum absolute atomic E-state index is 0. The van der Waals surface area contributed by atoms with E-state index in [9.17, 15) is 4.79 Å². The first kappa shape index (κ1) is 21.8. The normalized spacial score (nSPS) is 12.6. The van der Waals surface area contributed by atoms with Gasteiger partial charge in [-0.15, -0.1) is 24.0 Å². The molecule has 1 heterocycles. The van der Waals surface area contributed by atoms with Crippen LogP contribution in [0.4, 0.5) is 0 Å². The van der Waals surface area contributed by atoms with Gasteiger partial charge in [0.2, 0.25) is 5.91 Å². The number of aliphatic imine (C=N–C) groups is 1. The highest BCUT2D eigenvalue weighted by atomic mass is 127. The molecule has 0 aliphatic carbocycles. The number of guanidine groups is 1. The van der Waals surface area contributed by atoms with Crippen molar-refractivity contribution in [3.8, 4) is 0 Å². The number of furan rings is 1. The Labute approximate surface area is 156 Å². The van der Waals surface area contributed by atoms with Crippen LogP contribution in [0.15, 0.2) is 21.5 Å². The molecule has 0 spiro atoms. The van der Waals surface area contributed by atoms with Crippen molar-refractivity contribution in [3.63, 3.8) is 0 Å². The second-order valence-corrected chi connectivity index (χ2v) is 6.04. The van der Waals surface area contributed by atoms with Crippen LogP contribution in [0.2, 0.25) is 0 Å². The van der Waals surface area contributed by atoms with Crippen LogP contribution < -0.4 is 10.6 Å². The van der Waals surface area contributed by atoms with Gasteiger partial charge >= 0.3 is 0 Å². The molecule has 0 fully saturated rings. The molecule has 0 radical (unpaired) electrons. The minimum atomic E-state index is -0.0351. The molecule has 132 valence electrons. The second kappa shape index (κ2) is 10.5. The zero-order valence-corrected chi connectivity index (χ0v) is 17.2. The average Bonchev–Trinajstić information content (AvgIpc) is 2.87. The van der Waals surface area contributed by atoms with Crippen LogP contribution in [0.3, 0.4) is 0 Å². The van der Waals surface area contributed by atoms with Gasteiger partial charge in [0.1, 0.15) is 18.1 Å². The molecule has 23 heavy (non-hydrogen) atoms. The predicted molar refractivity (Wildman–Crippen MR) is 104 cm³/mol. The Morgan fingerprint density at radius 3 is 2.43 bits per heavy atom. The third kappa shape index (κ3) is 8.24. The smallest absolute Gasteiger partial charge is 0.243 e. The lowest BCUT2D eigenvalue weighted by Crippen LogP contribution is -2.41. The summed E-state index contributed by atoms with van der Waals surface area (Å²) in [7, 11) is 3.45. The van der Waals surface area contributed by atoms with E-state index in [1.807, 2.05) is 26.0 Å². The first-order chi connectivity index (χ1) is 10.3. The molecule has 1 atom stereocenters. The maximum absolute atomic E-state index is 11.7. The van der Waals surface area contributed by atoms with Gasteiger partial charge in [-0.1, -0.05) is 13.8 Å². The lowest BCUT2D eigenvalue weighted by molar-refractivity contribution is -0.127. The molecule has 7 heteroatoms. The summed E-state index contributed by atoms with van der Waals surface area (Å²) in [4.78, 5) is 17.6. The first-order valence-electron chi connectivity index (χ1n) is 7.61. The molecule has 0 saturated heterocycles. The van der Waals surface area contributed by atoms with Crippen molar-refractivity contribution in [1.82, 2.24) is 15.5 Å². The number of hydrogen-bond acceptors (Lipinski definition) is 3. The molecular weight excluding hydrogens is 407 g/mol. The van der Waals surface area contributed by atoms with Crippen molar-refractivity contribution >= 4 is 35.8 Å². The highest BCUT2D eigenvalue weighted by molar-refractivity contribution is 14.0. The van der Waals surface area contributed by atoms with E-state index in [1.165, 1.54) is 4.90 Å². The van der Waals surface area contributed by atoms with Crippen LogP contribution in [0.1, 0.15) is 38.3 Å². The van der Waals surface area contributed by atoms with E-state index < -0.39 is 0 Å². The Morgan fingerprint density at radius 2 is 1.96 bits per heavy atom. The summed E-state index contributed by atoms with van der Waals surface area (Å²) in [6, 6.07) is 3.85. The first-order valence-corrected chi connectivity index (χ1v) is 7.61. The molecule has 0 aromatic carbocycles. The Balaban J connectivity index is 0.00000484. The van der Waals surface area contributed by atoms with E-state index in [2.05, 4.69) is 29.5 Å². The van der Waals surface area contributed by atoms with Crippen LogP contribution in [0.5, 0.6) is 0 Å². The van der Waals surface area contributed by atoms with Gasteiger partial charge in [0.25, 0.3) is 0 Å². The lowest BCUT2D eigenvalue weighted by Gasteiger charge is -2.18. The van der Waals surface area contributed by atoms with Crippen molar-refractivity contribution in [3.05, 3.63) is 23.7 Å². The Hall–Kier alpha value is -1.25. The SMILES string of the molecule is Cc1ccc(C(C)NC(=NCC(=O)N(C)C)NCC(C)C)o1.I. The van der Waals surface area contributed by atoms with E-state index in [-0.39, 0.29) is 42.5 Å². The molecule has 1 amide bonds. The van der Waals surface area contributed by atoms with E-state index in [4.69, 9.17) is 4.42 Å². The van der Waals surface area contributed by atoms with Gasteiger partial charge in [0.05, 0.1) is 6.04 Å². The molecule has 6 nitrogen and oxygen atoms in total. The summed E-state index contributed by atoms with van der Waals surface area (Å²) in [5.74, 6) is 2.78. The van der Waals surface area contributed by atoms with Crippen molar-refractivity contribution in [1.29, 1.82) is 0 Å². The number of hydrogen-bond donors (Lipinski definition) is 2. The van der Waals surface area contributed by atoms with Gasteiger partial charge in [-0.2, -0.15) is 0 Å². The number of amides is 1. The summed E-state index contributed by atoms with van der Waals surface area (Å²) in [5.41, 5.74) is 0. The van der Waals surface area contributed by atoms with Gasteiger partial charge in [-0.05, 0) is 31.9 Å². The number of carbonyl (C=O) groups is 1. The summed E-state index contributed by atoms with van der Waals surface area (Å²) in [6.45, 7) is 9.05. The monoisotopic (exact) mass is 436 g/mol. The fourth-order valence-electron chi connectivity index (χ4n) is 1.70. The Bertz CT molecular complexity index is 512. The number of nitrogens with zero attached hydrogens (tertiary/aromatic N) is 2. The largest absolute Gasteiger partial charge is 0.464 e. The maximum Gasteiger partial charge on any atom is 0.243 e. The molecule has 1 aromatic rings. The number of rotatable bonds is 6. The molecular formula is C16H29IN4O2. The van der Waals surface area contributed by atoms with Crippen molar-refractivity contribution in [2.45, 2.75) is 33.7 Å². The summed E-state index contributed by atoms with van der Waals surface area (Å²) < 4.78 is 5.62. The van der Waals surface area contributed by atoms with Gasteiger partial charge in [0, 0.05) is 20.6 Å². The second-order valence-electron chi connectivity index (χ2n) is 6.04. The van der Waals surface area contributed by atoms with Crippen molar-refractivity contribution in [2.75, 3.05) is 27.2 Å². The predicted octanol–water partition coefficient (Wildman–Crippen LogP) is 2.55. The van der Waals surface area contributed by atoms with Gasteiger partial charge < -0.3 is 20.0 Å². The molecule has 1 aromatic heterocycles. The van der Waals surface area contributed by atoms with E-state index in [0.29, 0.717) is 11.9 Å². The zero-order chi connectivity index (χ0) is 16.7. The highest BCUT2D eigenvalue weighted by Gasteiger charge is 2.12. The van der Waals surface area contributed by atoms with Crippen LogP contribution in [0, 0.1) is 12.8 Å². The van der Waals surface area contributed by atoms with Gasteiger partial charge in [-0.3, -0.25) is 4.79 Å². The fourth-order valence-corrected chi connectivity index (χ4v) is 1.70. The average molecular weight is 436 g/mol. The number of aryl methyl sites for hydroxylation is 1. The van der Waals surface area contributed by atoms with Gasteiger partial charge in [-0.25, -0.2) is 4.99 Å². The maximum atomic E-state index is 11.7. The third-order valence-electron chi connectivity index (χ3n) is 3.09.